The minimum Gasteiger partial charge on any atom is -0.349 e. The van der Waals surface area contributed by atoms with Crippen LogP contribution in [-0.4, -0.2) is 49.9 Å². The molecule has 0 aliphatic carbocycles. The highest BCUT2D eigenvalue weighted by molar-refractivity contribution is 14.0. The van der Waals surface area contributed by atoms with Gasteiger partial charge in [-0.15, -0.1) is 24.0 Å². The average molecular weight is 448 g/mol. The Labute approximate surface area is 158 Å². The summed E-state index contributed by atoms with van der Waals surface area (Å²) in [7, 11) is 5.52. The Kier molecular flexibility index (Phi) is 7.11. The first-order valence-corrected chi connectivity index (χ1v) is 7.39. The molecule has 0 unspecified atom stereocenters. The van der Waals surface area contributed by atoms with Crippen molar-refractivity contribution in [3.05, 3.63) is 23.9 Å². The van der Waals surface area contributed by atoms with E-state index in [9.17, 15) is 0 Å². The van der Waals surface area contributed by atoms with Crippen molar-refractivity contribution < 1.29 is 4.52 Å². The highest BCUT2D eigenvalue weighted by Crippen LogP contribution is 2.19. The fourth-order valence-corrected chi connectivity index (χ4v) is 1.92. The first kappa shape index (κ1) is 20.3. The van der Waals surface area contributed by atoms with Crippen molar-refractivity contribution in [3.8, 4) is 0 Å². The third-order valence-corrected chi connectivity index (χ3v) is 3.27. The van der Waals surface area contributed by atoms with Crippen LogP contribution in [0, 0.1) is 0 Å². The van der Waals surface area contributed by atoms with Crippen LogP contribution in [0.1, 0.15) is 38.3 Å². The van der Waals surface area contributed by atoms with Gasteiger partial charge in [0.1, 0.15) is 12.2 Å². The maximum atomic E-state index is 5.28. The number of hydrogen-bond donors (Lipinski definition) is 1. The highest BCUT2D eigenvalue weighted by atomic mass is 127. The van der Waals surface area contributed by atoms with Crippen molar-refractivity contribution in [2.24, 2.45) is 12.0 Å². The smallest absolute Gasteiger partial charge is 0.232 e. The van der Waals surface area contributed by atoms with Gasteiger partial charge in [-0.05, 0) is 0 Å². The van der Waals surface area contributed by atoms with E-state index in [0.29, 0.717) is 24.8 Å². The third kappa shape index (κ3) is 5.14. The first-order valence-electron chi connectivity index (χ1n) is 7.39. The van der Waals surface area contributed by atoms with Gasteiger partial charge in [0.05, 0.1) is 13.1 Å². The predicted molar refractivity (Wildman–Crippen MR) is 101 cm³/mol. The van der Waals surface area contributed by atoms with E-state index in [1.807, 2.05) is 39.8 Å². The maximum absolute atomic E-state index is 5.28. The lowest BCUT2D eigenvalue weighted by Gasteiger charge is -2.20. The molecule has 2 heterocycles. The molecule has 9 nitrogen and oxygen atoms in total. The summed E-state index contributed by atoms with van der Waals surface area (Å²) >= 11 is 0. The second kappa shape index (κ2) is 8.40. The molecular formula is C14H25IN8O. The molecule has 134 valence electrons. The van der Waals surface area contributed by atoms with Gasteiger partial charge in [0.15, 0.2) is 11.8 Å². The molecule has 2 aromatic rings. The van der Waals surface area contributed by atoms with Crippen molar-refractivity contribution in [3.63, 3.8) is 0 Å². The summed E-state index contributed by atoms with van der Waals surface area (Å²) in [5.74, 6) is 2.79. The molecule has 0 bridgehead atoms. The normalized spacial score (nSPS) is 12.0. The highest BCUT2D eigenvalue weighted by Gasteiger charge is 2.21. The molecule has 1 N–H and O–H groups in total. The number of nitrogens with one attached hydrogen (secondary N) is 1. The lowest BCUT2D eigenvalue weighted by atomic mass is 9.97. The number of rotatable bonds is 4. The van der Waals surface area contributed by atoms with Gasteiger partial charge >= 0.3 is 0 Å². The fraction of sp³-hybridized carbons (Fsp3) is 0.643. The van der Waals surface area contributed by atoms with Gasteiger partial charge in [0, 0.05) is 26.6 Å². The number of nitrogens with zero attached hydrogens (tertiary/aromatic N) is 7. The number of aromatic nitrogens is 5. The number of aliphatic imine (C=N–C) groups is 1. The van der Waals surface area contributed by atoms with Crippen molar-refractivity contribution >= 4 is 29.9 Å². The molecule has 10 heteroatoms. The molecule has 2 aromatic heterocycles. The molecule has 2 rings (SSSR count). The average Bonchev–Trinajstić information content (AvgIpc) is 3.09. The Balaban J connectivity index is 0.00000288. The summed E-state index contributed by atoms with van der Waals surface area (Å²) in [6.07, 6.45) is 1.53. The summed E-state index contributed by atoms with van der Waals surface area (Å²) in [5.41, 5.74) is -0.158. The van der Waals surface area contributed by atoms with Crippen LogP contribution in [0.15, 0.2) is 15.8 Å². The first-order chi connectivity index (χ1) is 10.8. The van der Waals surface area contributed by atoms with E-state index in [-0.39, 0.29) is 29.4 Å². The summed E-state index contributed by atoms with van der Waals surface area (Å²) in [4.78, 5) is 14.8. The zero-order chi connectivity index (χ0) is 17.0. The molecule has 0 atom stereocenters. The van der Waals surface area contributed by atoms with Crippen LogP contribution in [0.25, 0.3) is 0 Å². The molecule has 0 fully saturated rings. The molecule has 0 aliphatic heterocycles. The van der Waals surface area contributed by atoms with E-state index in [1.165, 1.54) is 6.33 Å². The van der Waals surface area contributed by atoms with Crippen LogP contribution in [0.3, 0.4) is 0 Å². The van der Waals surface area contributed by atoms with Crippen LogP contribution < -0.4 is 5.32 Å². The Bertz CT molecular complexity index is 672. The monoisotopic (exact) mass is 448 g/mol. The van der Waals surface area contributed by atoms with Crippen molar-refractivity contribution in [2.45, 2.75) is 39.3 Å². The van der Waals surface area contributed by atoms with Gasteiger partial charge in [-0.1, -0.05) is 25.9 Å². The summed E-state index contributed by atoms with van der Waals surface area (Å²) < 4.78 is 7.01. The standard InChI is InChI=1S/C14H24N8O.HI/c1-14(2,3)12-19-10(20-23-12)7-16-13(15-4)21(5)8-11-17-9-18-22(11)6;/h9H,7-8H2,1-6H3,(H,15,16);1H. The summed E-state index contributed by atoms with van der Waals surface area (Å²) in [6.45, 7) is 7.13. The summed E-state index contributed by atoms with van der Waals surface area (Å²) in [6, 6.07) is 0. The minimum atomic E-state index is -0.158. The number of guanidine groups is 1. The van der Waals surface area contributed by atoms with Gasteiger partial charge < -0.3 is 14.7 Å². The van der Waals surface area contributed by atoms with Crippen molar-refractivity contribution in [2.75, 3.05) is 14.1 Å². The molecule has 0 saturated carbocycles. The molecule has 0 aromatic carbocycles. The van der Waals surface area contributed by atoms with Gasteiger partial charge in [0.2, 0.25) is 5.89 Å². The summed E-state index contributed by atoms with van der Waals surface area (Å²) in [5, 5.41) is 11.3. The molecule has 24 heavy (non-hydrogen) atoms. The van der Waals surface area contributed by atoms with Crippen LogP contribution in [0.5, 0.6) is 0 Å². The second-order valence-electron chi connectivity index (χ2n) is 6.32. The van der Waals surface area contributed by atoms with Crippen LogP contribution in [0.2, 0.25) is 0 Å². The van der Waals surface area contributed by atoms with Crippen LogP contribution >= 0.6 is 24.0 Å². The van der Waals surface area contributed by atoms with E-state index >= 15 is 0 Å². The van der Waals surface area contributed by atoms with E-state index in [0.717, 1.165) is 11.8 Å². The molecule has 0 saturated heterocycles. The van der Waals surface area contributed by atoms with Crippen molar-refractivity contribution in [1.29, 1.82) is 0 Å². The van der Waals surface area contributed by atoms with Gasteiger partial charge in [-0.2, -0.15) is 10.1 Å². The van der Waals surface area contributed by atoms with E-state index < -0.39 is 0 Å². The maximum Gasteiger partial charge on any atom is 0.232 e. The largest absolute Gasteiger partial charge is 0.349 e. The zero-order valence-corrected chi connectivity index (χ0v) is 17.3. The van der Waals surface area contributed by atoms with Crippen molar-refractivity contribution in [1.82, 2.24) is 35.1 Å². The van der Waals surface area contributed by atoms with E-state index in [1.54, 1.807) is 11.7 Å². The molecule has 0 amide bonds. The van der Waals surface area contributed by atoms with Crippen LogP contribution in [-0.2, 0) is 25.6 Å². The number of aryl methyl sites for hydroxylation is 1. The van der Waals surface area contributed by atoms with Gasteiger partial charge in [-0.3, -0.25) is 9.67 Å². The molecular weight excluding hydrogens is 423 g/mol. The van der Waals surface area contributed by atoms with Gasteiger partial charge in [-0.25, -0.2) is 4.98 Å². The Morgan fingerprint density at radius 2 is 2.12 bits per heavy atom. The minimum absolute atomic E-state index is 0. The zero-order valence-electron chi connectivity index (χ0n) is 14.9. The fourth-order valence-electron chi connectivity index (χ4n) is 1.92. The molecule has 0 radical (unpaired) electrons. The Morgan fingerprint density at radius 1 is 1.42 bits per heavy atom. The van der Waals surface area contributed by atoms with Gasteiger partial charge in [0.25, 0.3) is 0 Å². The molecule has 0 aliphatic rings. The topological polar surface area (TPSA) is 97.3 Å². The predicted octanol–water partition coefficient (Wildman–Crippen LogP) is 1.32. The second-order valence-corrected chi connectivity index (χ2v) is 6.32. The third-order valence-electron chi connectivity index (χ3n) is 3.27. The Hall–Kier alpha value is -1.72. The van der Waals surface area contributed by atoms with Crippen LogP contribution in [0.4, 0.5) is 0 Å². The molecule has 0 spiro atoms. The lowest BCUT2D eigenvalue weighted by molar-refractivity contribution is 0.318. The quantitative estimate of drug-likeness (QED) is 0.428. The number of halogens is 1. The number of hydrogen-bond acceptors (Lipinski definition) is 6. The lowest BCUT2D eigenvalue weighted by Crippen LogP contribution is -2.38. The Morgan fingerprint density at radius 3 is 2.62 bits per heavy atom. The van der Waals surface area contributed by atoms with E-state index in [2.05, 4.69) is 30.5 Å². The van der Waals surface area contributed by atoms with E-state index in [4.69, 9.17) is 4.52 Å². The SMILES string of the molecule is CN=C(NCc1noc(C(C)(C)C)n1)N(C)Cc1ncnn1C.I.